The summed E-state index contributed by atoms with van der Waals surface area (Å²) >= 11 is 5.90. The number of hydrogen-bond donors (Lipinski definition) is 1. The van der Waals surface area contributed by atoms with E-state index in [0.29, 0.717) is 16.5 Å². The first-order valence-electron chi connectivity index (χ1n) is 7.89. The summed E-state index contributed by atoms with van der Waals surface area (Å²) in [5, 5.41) is 3.29. The maximum atomic E-state index is 12.4. The number of amides is 2. The molecule has 1 atom stereocenters. The second-order valence-electron chi connectivity index (χ2n) is 5.83. The number of nitrogens with zero attached hydrogens (tertiary/aromatic N) is 1. The Bertz CT molecular complexity index is 747. The molecule has 0 heterocycles. The van der Waals surface area contributed by atoms with Crippen LogP contribution in [0.15, 0.2) is 48.5 Å². The molecule has 25 heavy (non-hydrogen) atoms. The van der Waals surface area contributed by atoms with Gasteiger partial charge in [0.15, 0.2) is 6.10 Å². The third kappa shape index (κ3) is 5.80. The Balaban J connectivity index is 1.88. The molecule has 5 nitrogen and oxygen atoms in total. The first-order valence-corrected chi connectivity index (χ1v) is 8.26. The number of ether oxygens (including phenoxy) is 1. The molecule has 0 aromatic heterocycles. The van der Waals surface area contributed by atoms with E-state index in [1.165, 1.54) is 4.90 Å². The van der Waals surface area contributed by atoms with Crippen LogP contribution in [0.25, 0.3) is 0 Å². The van der Waals surface area contributed by atoms with Crippen LogP contribution >= 0.6 is 11.6 Å². The van der Waals surface area contributed by atoms with Crippen molar-refractivity contribution in [2.45, 2.75) is 20.0 Å². The second kappa shape index (κ2) is 8.53. The zero-order valence-electron chi connectivity index (χ0n) is 14.5. The molecule has 0 spiro atoms. The van der Waals surface area contributed by atoms with Crippen LogP contribution in [0.3, 0.4) is 0 Å². The molecule has 2 amide bonds. The van der Waals surface area contributed by atoms with Gasteiger partial charge in [0.2, 0.25) is 5.91 Å². The largest absolute Gasteiger partial charge is 0.481 e. The lowest BCUT2D eigenvalue weighted by Gasteiger charge is -2.21. The van der Waals surface area contributed by atoms with Gasteiger partial charge in [-0.15, -0.1) is 0 Å². The lowest BCUT2D eigenvalue weighted by Crippen LogP contribution is -2.41. The second-order valence-corrected chi connectivity index (χ2v) is 6.26. The Morgan fingerprint density at radius 2 is 1.88 bits per heavy atom. The van der Waals surface area contributed by atoms with E-state index in [9.17, 15) is 9.59 Å². The average Bonchev–Trinajstić information content (AvgIpc) is 2.56. The summed E-state index contributed by atoms with van der Waals surface area (Å²) in [6, 6.07) is 14.3. The quantitative estimate of drug-likeness (QED) is 0.857. The minimum atomic E-state index is -0.726. The van der Waals surface area contributed by atoms with E-state index in [2.05, 4.69) is 5.32 Å². The van der Waals surface area contributed by atoms with Gasteiger partial charge in [0, 0.05) is 17.8 Å². The third-order valence-electron chi connectivity index (χ3n) is 3.55. The summed E-state index contributed by atoms with van der Waals surface area (Å²) in [6.07, 6.45) is -0.726. The van der Waals surface area contributed by atoms with Crippen molar-refractivity contribution < 1.29 is 14.3 Å². The van der Waals surface area contributed by atoms with Crippen molar-refractivity contribution in [1.82, 2.24) is 4.90 Å². The summed E-state index contributed by atoms with van der Waals surface area (Å²) in [5.41, 5.74) is 1.80. The predicted octanol–water partition coefficient (Wildman–Crippen LogP) is 3.51. The highest BCUT2D eigenvalue weighted by Crippen LogP contribution is 2.18. The fourth-order valence-electron chi connectivity index (χ4n) is 2.24. The molecule has 2 aromatic rings. The maximum Gasteiger partial charge on any atom is 0.263 e. The Morgan fingerprint density at radius 1 is 1.20 bits per heavy atom. The van der Waals surface area contributed by atoms with Gasteiger partial charge in [-0.05, 0) is 44.2 Å². The molecule has 0 aliphatic rings. The Morgan fingerprint density at radius 3 is 2.52 bits per heavy atom. The van der Waals surface area contributed by atoms with Crippen LogP contribution in [-0.4, -0.2) is 36.4 Å². The fourth-order valence-corrected chi connectivity index (χ4v) is 2.42. The molecule has 0 saturated carbocycles. The molecule has 1 N–H and O–H groups in total. The van der Waals surface area contributed by atoms with Crippen LogP contribution in [0.2, 0.25) is 5.02 Å². The summed E-state index contributed by atoms with van der Waals surface area (Å²) in [6.45, 7) is 3.55. The molecule has 0 aliphatic heterocycles. The van der Waals surface area contributed by atoms with Gasteiger partial charge < -0.3 is 15.0 Å². The highest BCUT2D eigenvalue weighted by atomic mass is 35.5. The van der Waals surface area contributed by atoms with Gasteiger partial charge in [-0.3, -0.25) is 9.59 Å². The number of anilines is 1. The SMILES string of the molecule is Cc1ccc(NC(=O)CN(C)C(=O)C(C)Oc2cccc(Cl)c2)cc1. The first-order chi connectivity index (χ1) is 11.8. The van der Waals surface area contributed by atoms with Crippen molar-refractivity contribution in [2.24, 2.45) is 0 Å². The summed E-state index contributed by atoms with van der Waals surface area (Å²) in [4.78, 5) is 25.8. The third-order valence-corrected chi connectivity index (χ3v) is 3.78. The number of carbonyl (C=O) groups is 2. The van der Waals surface area contributed by atoms with Crippen LogP contribution in [0.4, 0.5) is 5.69 Å². The molecule has 0 saturated heterocycles. The van der Waals surface area contributed by atoms with Crippen LogP contribution in [0.5, 0.6) is 5.75 Å². The number of halogens is 1. The number of nitrogens with one attached hydrogen (secondary N) is 1. The number of hydrogen-bond acceptors (Lipinski definition) is 3. The molecule has 2 rings (SSSR count). The van der Waals surface area contributed by atoms with Crippen molar-refractivity contribution in [2.75, 3.05) is 18.9 Å². The molecular formula is C19H21ClN2O3. The van der Waals surface area contributed by atoms with Gasteiger partial charge >= 0.3 is 0 Å². The van der Waals surface area contributed by atoms with Crippen molar-refractivity contribution in [1.29, 1.82) is 0 Å². The zero-order valence-corrected chi connectivity index (χ0v) is 15.2. The average molecular weight is 361 g/mol. The van der Waals surface area contributed by atoms with E-state index < -0.39 is 6.10 Å². The number of carbonyl (C=O) groups excluding carboxylic acids is 2. The topological polar surface area (TPSA) is 58.6 Å². The van der Waals surface area contributed by atoms with Crippen LogP contribution < -0.4 is 10.1 Å². The Kier molecular flexibility index (Phi) is 6.42. The molecule has 132 valence electrons. The van der Waals surface area contributed by atoms with Gasteiger partial charge in [0.25, 0.3) is 5.91 Å². The number of likely N-dealkylation sites (N-methyl/N-ethyl adjacent to an activating group) is 1. The number of aryl methyl sites for hydroxylation is 1. The smallest absolute Gasteiger partial charge is 0.263 e. The molecule has 1 unspecified atom stereocenters. The van der Waals surface area contributed by atoms with Crippen molar-refractivity contribution >= 4 is 29.1 Å². The lowest BCUT2D eigenvalue weighted by molar-refractivity contribution is -0.139. The van der Waals surface area contributed by atoms with E-state index in [-0.39, 0.29) is 18.4 Å². The summed E-state index contributed by atoms with van der Waals surface area (Å²) in [7, 11) is 1.56. The minimum absolute atomic E-state index is 0.0596. The summed E-state index contributed by atoms with van der Waals surface area (Å²) < 4.78 is 5.58. The summed E-state index contributed by atoms with van der Waals surface area (Å²) in [5.74, 6) is -0.0560. The maximum absolute atomic E-state index is 12.4. The van der Waals surface area contributed by atoms with Crippen molar-refractivity contribution in [3.63, 3.8) is 0 Å². The molecule has 6 heteroatoms. The monoisotopic (exact) mass is 360 g/mol. The highest BCUT2D eigenvalue weighted by Gasteiger charge is 2.21. The molecule has 0 fully saturated rings. The van der Waals surface area contributed by atoms with Crippen LogP contribution in [0.1, 0.15) is 12.5 Å². The molecule has 0 bridgehead atoms. The van der Waals surface area contributed by atoms with Crippen LogP contribution in [-0.2, 0) is 9.59 Å². The predicted molar refractivity (Wildman–Crippen MR) is 99.0 cm³/mol. The van der Waals surface area contributed by atoms with E-state index >= 15 is 0 Å². The van der Waals surface area contributed by atoms with E-state index in [0.717, 1.165) is 5.56 Å². The van der Waals surface area contributed by atoms with Gasteiger partial charge in [-0.1, -0.05) is 35.4 Å². The first kappa shape index (κ1) is 18.8. The van der Waals surface area contributed by atoms with E-state index in [1.54, 1.807) is 38.2 Å². The van der Waals surface area contributed by atoms with Gasteiger partial charge in [0.05, 0.1) is 6.54 Å². The van der Waals surface area contributed by atoms with Gasteiger partial charge in [0.1, 0.15) is 5.75 Å². The number of rotatable bonds is 6. The standard InChI is InChI=1S/C19H21ClN2O3/c1-13-7-9-16(10-8-13)21-18(23)12-22(3)19(24)14(2)25-17-6-4-5-15(20)11-17/h4-11,14H,12H2,1-3H3,(H,21,23). The zero-order chi connectivity index (χ0) is 18.4. The van der Waals surface area contributed by atoms with Crippen molar-refractivity contribution in [3.05, 3.63) is 59.1 Å². The van der Waals surface area contributed by atoms with E-state index in [4.69, 9.17) is 16.3 Å². The lowest BCUT2D eigenvalue weighted by atomic mass is 10.2. The number of benzene rings is 2. The Labute approximate surface area is 152 Å². The van der Waals surface area contributed by atoms with Crippen molar-refractivity contribution in [3.8, 4) is 5.75 Å². The molecule has 2 aromatic carbocycles. The fraction of sp³-hybridized carbons (Fsp3) is 0.263. The minimum Gasteiger partial charge on any atom is -0.481 e. The van der Waals surface area contributed by atoms with Gasteiger partial charge in [-0.25, -0.2) is 0 Å². The highest BCUT2D eigenvalue weighted by molar-refractivity contribution is 6.30. The molecule has 0 radical (unpaired) electrons. The van der Waals surface area contributed by atoms with Gasteiger partial charge in [-0.2, -0.15) is 0 Å². The normalized spacial score (nSPS) is 11.5. The van der Waals surface area contributed by atoms with Crippen LogP contribution in [0, 0.1) is 6.92 Å². The van der Waals surface area contributed by atoms with E-state index in [1.807, 2.05) is 31.2 Å². The molecule has 0 aliphatic carbocycles. The molecular weight excluding hydrogens is 340 g/mol. The Hall–Kier alpha value is -2.53.